The minimum absolute atomic E-state index is 0.146. The number of nitrogens with two attached hydrogens (primary N) is 1. The van der Waals surface area contributed by atoms with Crippen LogP contribution in [0.15, 0.2) is 30.3 Å². The molecule has 4 heteroatoms. The maximum atomic E-state index is 11.6. The van der Waals surface area contributed by atoms with Gasteiger partial charge in [0.25, 0.3) is 0 Å². The van der Waals surface area contributed by atoms with Crippen molar-refractivity contribution in [2.75, 3.05) is 0 Å². The lowest BCUT2D eigenvalue weighted by atomic mass is 9.91. The van der Waals surface area contributed by atoms with Gasteiger partial charge in [-0.3, -0.25) is 14.9 Å². The first kappa shape index (κ1) is 18.7. The zero-order chi connectivity index (χ0) is 17.3. The highest BCUT2D eigenvalue weighted by Gasteiger charge is 2.42. The third-order valence-electron chi connectivity index (χ3n) is 4.86. The smallest absolute Gasteiger partial charge is 0.247 e. The molecule has 0 saturated carbocycles. The van der Waals surface area contributed by atoms with E-state index >= 15 is 0 Å². The van der Waals surface area contributed by atoms with Crippen LogP contribution < -0.4 is 11.1 Å². The molecule has 3 N–H and O–H groups in total. The van der Waals surface area contributed by atoms with Crippen LogP contribution in [0.1, 0.15) is 69.8 Å². The van der Waals surface area contributed by atoms with Crippen molar-refractivity contribution < 1.29 is 9.59 Å². The van der Waals surface area contributed by atoms with Crippen molar-refractivity contribution in [1.82, 2.24) is 5.32 Å². The number of rotatable bonds is 11. The van der Waals surface area contributed by atoms with Crippen LogP contribution in [0.3, 0.4) is 0 Å². The van der Waals surface area contributed by atoms with E-state index < -0.39 is 5.54 Å². The summed E-state index contributed by atoms with van der Waals surface area (Å²) >= 11 is 0. The fourth-order valence-corrected chi connectivity index (χ4v) is 3.34. The van der Waals surface area contributed by atoms with Gasteiger partial charge in [-0.15, -0.1) is 0 Å². The predicted octanol–water partition coefficient (Wildman–Crippen LogP) is 3.48. The molecule has 1 unspecified atom stereocenters. The molecule has 1 aromatic carbocycles. The molecule has 24 heavy (non-hydrogen) atoms. The van der Waals surface area contributed by atoms with Crippen LogP contribution >= 0.6 is 0 Å². The third-order valence-corrected chi connectivity index (χ3v) is 4.86. The standard InChI is InChI=1S/C20H30N2O2/c21-20(16-18(23)22-19(20)24)15-11-6-4-2-1-3-5-8-12-17-13-9-7-10-14-17/h7,9-10,13-14H,1-6,8,11-12,15-16,21H2,(H,22,23,24). The van der Waals surface area contributed by atoms with Gasteiger partial charge in [-0.05, 0) is 24.8 Å². The molecule has 0 aliphatic carbocycles. The van der Waals surface area contributed by atoms with Crippen LogP contribution in [0.25, 0.3) is 0 Å². The van der Waals surface area contributed by atoms with Gasteiger partial charge in [0.15, 0.2) is 0 Å². The quantitative estimate of drug-likeness (QED) is 0.482. The average Bonchev–Trinajstić information content (AvgIpc) is 2.82. The Balaban J connectivity index is 1.42. The molecule has 1 heterocycles. The summed E-state index contributed by atoms with van der Waals surface area (Å²) in [5.41, 5.74) is 6.49. The number of nitrogens with one attached hydrogen (secondary N) is 1. The Bertz CT molecular complexity index is 530. The van der Waals surface area contributed by atoms with E-state index in [4.69, 9.17) is 5.73 Å². The molecule has 2 rings (SSSR count). The second kappa shape index (κ2) is 9.58. The summed E-state index contributed by atoms with van der Waals surface area (Å²) in [5.74, 6) is -0.538. The first-order chi connectivity index (χ1) is 11.6. The molecule has 1 aliphatic rings. The molecular formula is C20H30N2O2. The first-order valence-electron chi connectivity index (χ1n) is 9.27. The summed E-state index contributed by atoms with van der Waals surface area (Å²) in [4.78, 5) is 22.8. The van der Waals surface area contributed by atoms with Crippen molar-refractivity contribution in [3.8, 4) is 0 Å². The summed E-state index contributed by atoms with van der Waals surface area (Å²) in [6, 6.07) is 10.7. The number of amides is 2. The van der Waals surface area contributed by atoms with Crippen molar-refractivity contribution >= 4 is 11.8 Å². The van der Waals surface area contributed by atoms with Gasteiger partial charge in [0, 0.05) is 0 Å². The number of benzene rings is 1. The van der Waals surface area contributed by atoms with E-state index in [1.54, 1.807) is 0 Å². The number of unbranched alkanes of at least 4 members (excludes halogenated alkanes) is 7. The molecule has 0 spiro atoms. The van der Waals surface area contributed by atoms with Crippen molar-refractivity contribution in [1.29, 1.82) is 0 Å². The van der Waals surface area contributed by atoms with E-state index in [2.05, 4.69) is 35.6 Å². The fourth-order valence-electron chi connectivity index (χ4n) is 3.34. The van der Waals surface area contributed by atoms with E-state index in [0.717, 1.165) is 12.8 Å². The van der Waals surface area contributed by atoms with E-state index in [0.29, 0.717) is 6.42 Å². The van der Waals surface area contributed by atoms with Gasteiger partial charge in [0.1, 0.15) is 5.54 Å². The number of hydrogen-bond donors (Lipinski definition) is 2. The van der Waals surface area contributed by atoms with Gasteiger partial charge in [-0.25, -0.2) is 0 Å². The second-order valence-electron chi connectivity index (χ2n) is 7.02. The molecule has 2 amide bonds. The molecule has 0 bridgehead atoms. The van der Waals surface area contributed by atoms with Gasteiger partial charge < -0.3 is 5.73 Å². The van der Waals surface area contributed by atoms with Crippen molar-refractivity contribution in [2.45, 2.75) is 76.2 Å². The Labute approximate surface area is 145 Å². The molecule has 0 aromatic heterocycles. The SMILES string of the molecule is NC1(CCCCCCCCCCc2ccccc2)CC(=O)NC1=O. The van der Waals surface area contributed by atoms with Crippen LogP contribution in [0.5, 0.6) is 0 Å². The zero-order valence-electron chi connectivity index (χ0n) is 14.6. The van der Waals surface area contributed by atoms with Gasteiger partial charge in [-0.2, -0.15) is 0 Å². The summed E-state index contributed by atoms with van der Waals surface area (Å²) in [7, 11) is 0. The maximum Gasteiger partial charge on any atom is 0.247 e. The Morgan fingerprint density at radius 1 is 0.875 bits per heavy atom. The normalized spacial score (nSPS) is 20.4. The largest absolute Gasteiger partial charge is 0.317 e. The molecule has 4 nitrogen and oxygen atoms in total. The Kier molecular flexibility index (Phi) is 7.44. The summed E-state index contributed by atoms with van der Waals surface area (Å²) < 4.78 is 0. The van der Waals surface area contributed by atoms with Gasteiger partial charge in [0.05, 0.1) is 6.42 Å². The molecule has 1 aromatic rings. The second-order valence-corrected chi connectivity index (χ2v) is 7.02. The minimum atomic E-state index is -0.950. The van der Waals surface area contributed by atoms with Gasteiger partial charge in [0.2, 0.25) is 11.8 Å². The molecule has 1 fully saturated rings. The van der Waals surface area contributed by atoms with E-state index in [9.17, 15) is 9.59 Å². The molecule has 1 atom stereocenters. The maximum absolute atomic E-state index is 11.6. The van der Waals surface area contributed by atoms with Crippen LogP contribution in [0.2, 0.25) is 0 Å². The van der Waals surface area contributed by atoms with E-state index in [1.165, 1.54) is 50.5 Å². The molecular weight excluding hydrogens is 300 g/mol. The lowest BCUT2D eigenvalue weighted by Crippen LogP contribution is -2.46. The number of carbonyl (C=O) groups is 2. The Morgan fingerprint density at radius 3 is 2.04 bits per heavy atom. The van der Waals surface area contributed by atoms with Crippen molar-refractivity contribution in [3.63, 3.8) is 0 Å². The summed E-state index contributed by atoms with van der Waals surface area (Å²) in [5, 5.41) is 2.30. The zero-order valence-corrected chi connectivity index (χ0v) is 14.6. The van der Waals surface area contributed by atoms with Crippen LogP contribution in [-0.4, -0.2) is 17.4 Å². The average molecular weight is 330 g/mol. The number of aryl methyl sites for hydroxylation is 1. The fraction of sp³-hybridized carbons (Fsp3) is 0.600. The van der Waals surface area contributed by atoms with Crippen LogP contribution in [0, 0.1) is 0 Å². The van der Waals surface area contributed by atoms with E-state index in [-0.39, 0.29) is 18.2 Å². The monoisotopic (exact) mass is 330 g/mol. The van der Waals surface area contributed by atoms with Crippen molar-refractivity contribution in [3.05, 3.63) is 35.9 Å². The van der Waals surface area contributed by atoms with Crippen molar-refractivity contribution in [2.24, 2.45) is 5.73 Å². The van der Waals surface area contributed by atoms with Gasteiger partial charge >= 0.3 is 0 Å². The summed E-state index contributed by atoms with van der Waals surface area (Å²) in [6.45, 7) is 0. The first-order valence-corrected chi connectivity index (χ1v) is 9.27. The third kappa shape index (κ3) is 6.08. The van der Waals surface area contributed by atoms with Gasteiger partial charge in [-0.1, -0.05) is 75.3 Å². The minimum Gasteiger partial charge on any atom is -0.317 e. The predicted molar refractivity (Wildman–Crippen MR) is 96.4 cm³/mol. The number of carbonyl (C=O) groups excluding carboxylic acids is 2. The lowest BCUT2D eigenvalue weighted by Gasteiger charge is -2.18. The number of hydrogen-bond acceptors (Lipinski definition) is 3. The molecule has 1 saturated heterocycles. The highest BCUT2D eigenvalue weighted by atomic mass is 16.2. The lowest BCUT2D eigenvalue weighted by molar-refractivity contribution is -0.126. The number of imide groups is 1. The Hall–Kier alpha value is -1.68. The summed E-state index contributed by atoms with van der Waals surface area (Å²) in [6.07, 6.45) is 11.5. The van der Waals surface area contributed by atoms with E-state index in [1.807, 2.05) is 0 Å². The van der Waals surface area contributed by atoms with Crippen LogP contribution in [0.4, 0.5) is 0 Å². The topological polar surface area (TPSA) is 72.2 Å². The van der Waals surface area contributed by atoms with Crippen LogP contribution in [-0.2, 0) is 16.0 Å². The highest BCUT2D eigenvalue weighted by molar-refractivity contribution is 6.08. The molecule has 1 aliphatic heterocycles. The Morgan fingerprint density at radius 2 is 1.46 bits per heavy atom. The highest BCUT2D eigenvalue weighted by Crippen LogP contribution is 2.22. The molecule has 132 valence electrons. The molecule has 0 radical (unpaired) electrons.